The first kappa shape index (κ1) is 23.4. The summed E-state index contributed by atoms with van der Waals surface area (Å²) in [5.41, 5.74) is 4.50. The smallest absolute Gasteiger partial charge is 0.262 e. The van der Waals surface area contributed by atoms with Crippen molar-refractivity contribution in [1.82, 2.24) is 14.7 Å². The number of hydrogen-bond acceptors (Lipinski definition) is 5. The number of aromatic nitrogens is 3. The molecule has 0 amide bonds. The van der Waals surface area contributed by atoms with Gasteiger partial charge in [-0.15, -0.1) is 0 Å². The number of pyridine rings is 1. The van der Waals surface area contributed by atoms with E-state index in [1.54, 1.807) is 10.8 Å². The van der Waals surface area contributed by atoms with Crippen LogP contribution in [0.4, 0.5) is 0 Å². The molecule has 0 atom stereocenters. The minimum Gasteiger partial charge on any atom is -0.489 e. The van der Waals surface area contributed by atoms with Crippen LogP contribution in [0.3, 0.4) is 0 Å². The molecule has 0 radical (unpaired) electrons. The van der Waals surface area contributed by atoms with Crippen LogP contribution >= 0.6 is 0 Å². The van der Waals surface area contributed by atoms with E-state index < -0.39 is 0 Å². The highest BCUT2D eigenvalue weighted by Gasteiger charge is 2.17. The van der Waals surface area contributed by atoms with Gasteiger partial charge in [0.1, 0.15) is 12.4 Å². The second-order valence-corrected chi connectivity index (χ2v) is 9.01. The lowest BCUT2D eigenvalue weighted by Gasteiger charge is -2.11. The van der Waals surface area contributed by atoms with Gasteiger partial charge in [0.25, 0.3) is 11.4 Å². The Bertz CT molecular complexity index is 1750. The second-order valence-electron chi connectivity index (χ2n) is 9.01. The third-order valence-corrected chi connectivity index (χ3v) is 6.56. The number of ether oxygens (including phenoxy) is 1. The topological polar surface area (TPSA) is 70.2 Å². The molecule has 0 saturated carbocycles. The number of rotatable bonds is 7. The van der Waals surface area contributed by atoms with Gasteiger partial charge in [-0.3, -0.25) is 9.36 Å². The predicted molar refractivity (Wildman–Crippen MR) is 148 cm³/mol. The molecule has 0 fully saturated rings. The third-order valence-electron chi connectivity index (χ3n) is 6.56. The van der Waals surface area contributed by atoms with E-state index in [0.29, 0.717) is 29.3 Å². The van der Waals surface area contributed by atoms with Crippen molar-refractivity contribution in [2.24, 2.45) is 0 Å². The molecule has 0 aliphatic carbocycles. The predicted octanol–water partition coefficient (Wildman–Crippen LogP) is 6.85. The molecule has 0 saturated heterocycles. The SMILES string of the molecule is CCc1ccc(-n2cc(-c3nc(-c4ccc(OCc5ccccc5)cc4)no3)c3ccccc3c2=O)cc1. The van der Waals surface area contributed by atoms with E-state index in [1.807, 2.05) is 103 Å². The molecule has 2 heterocycles. The molecule has 6 rings (SSSR count). The minimum atomic E-state index is -0.0978. The zero-order chi connectivity index (χ0) is 25.9. The molecule has 0 aliphatic heterocycles. The van der Waals surface area contributed by atoms with E-state index in [2.05, 4.69) is 17.1 Å². The van der Waals surface area contributed by atoms with Gasteiger partial charge in [0.05, 0.1) is 5.56 Å². The Balaban J connectivity index is 1.32. The standard InChI is InChI=1S/C32H25N3O3/c1-2-22-12-16-25(17-13-22)35-20-29(27-10-6-7-11-28(27)32(35)36)31-33-30(34-38-31)24-14-18-26(19-15-24)37-21-23-8-4-3-5-9-23/h3-20H,2,21H2,1H3. The Morgan fingerprint density at radius 3 is 2.24 bits per heavy atom. The van der Waals surface area contributed by atoms with Gasteiger partial charge in [-0.05, 0) is 60.0 Å². The van der Waals surface area contributed by atoms with Crippen LogP contribution in [-0.4, -0.2) is 14.7 Å². The molecular weight excluding hydrogens is 474 g/mol. The van der Waals surface area contributed by atoms with E-state index in [-0.39, 0.29) is 5.56 Å². The molecule has 6 aromatic rings. The lowest BCUT2D eigenvalue weighted by molar-refractivity contribution is 0.306. The van der Waals surface area contributed by atoms with Crippen LogP contribution in [0.1, 0.15) is 18.1 Å². The highest BCUT2D eigenvalue weighted by molar-refractivity contribution is 5.94. The maximum absolute atomic E-state index is 13.4. The Labute approximate surface area is 219 Å². The number of aryl methyl sites for hydroxylation is 1. The Morgan fingerprint density at radius 1 is 0.789 bits per heavy atom. The number of nitrogens with zero attached hydrogens (tertiary/aromatic N) is 3. The van der Waals surface area contributed by atoms with Crippen LogP contribution in [0.5, 0.6) is 5.75 Å². The van der Waals surface area contributed by atoms with E-state index >= 15 is 0 Å². The van der Waals surface area contributed by atoms with Gasteiger partial charge in [-0.1, -0.05) is 72.7 Å². The number of benzene rings is 4. The van der Waals surface area contributed by atoms with Gasteiger partial charge in [0, 0.05) is 28.2 Å². The highest BCUT2D eigenvalue weighted by Crippen LogP contribution is 2.29. The summed E-state index contributed by atoms with van der Waals surface area (Å²) in [6.45, 7) is 2.60. The van der Waals surface area contributed by atoms with Crippen LogP contribution in [0.2, 0.25) is 0 Å². The lowest BCUT2D eigenvalue weighted by atomic mass is 10.1. The van der Waals surface area contributed by atoms with Crippen molar-refractivity contribution in [2.45, 2.75) is 20.0 Å². The number of hydrogen-bond donors (Lipinski definition) is 0. The summed E-state index contributed by atoms with van der Waals surface area (Å²) in [4.78, 5) is 18.0. The fourth-order valence-electron chi connectivity index (χ4n) is 4.44. The third kappa shape index (κ3) is 4.60. The van der Waals surface area contributed by atoms with Gasteiger partial charge in [0.2, 0.25) is 5.82 Å². The summed E-state index contributed by atoms with van der Waals surface area (Å²) in [6, 6.07) is 33.1. The normalized spacial score (nSPS) is 11.1. The minimum absolute atomic E-state index is 0.0978. The van der Waals surface area contributed by atoms with Crippen molar-refractivity contribution >= 4 is 10.8 Å². The van der Waals surface area contributed by atoms with Crippen molar-refractivity contribution < 1.29 is 9.26 Å². The summed E-state index contributed by atoms with van der Waals surface area (Å²) < 4.78 is 13.2. The van der Waals surface area contributed by atoms with Gasteiger partial charge >= 0.3 is 0 Å². The van der Waals surface area contributed by atoms with Gasteiger partial charge in [-0.2, -0.15) is 4.98 Å². The monoisotopic (exact) mass is 499 g/mol. The largest absolute Gasteiger partial charge is 0.489 e. The van der Waals surface area contributed by atoms with E-state index in [4.69, 9.17) is 9.26 Å². The van der Waals surface area contributed by atoms with Crippen molar-refractivity contribution in [3.63, 3.8) is 0 Å². The second kappa shape index (κ2) is 10.2. The molecule has 38 heavy (non-hydrogen) atoms. The van der Waals surface area contributed by atoms with Gasteiger partial charge in [-0.25, -0.2) is 0 Å². The van der Waals surface area contributed by atoms with Crippen LogP contribution in [-0.2, 0) is 13.0 Å². The molecule has 0 bridgehead atoms. The molecule has 4 aromatic carbocycles. The van der Waals surface area contributed by atoms with E-state index in [0.717, 1.165) is 34.4 Å². The molecular formula is C32H25N3O3. The van der Waals surface area contributed by atoms with Crippen LogP contribution < -0.4 is 10.3 Å². The Kier molecular flexibility index (Phi) is 6.28. The molecule has 2 aromatic heterocycles. The van der Waals surface area contributed by atoms with Gasteiger partial charge in [0.15, 0.2) is 0 Å². The average Bonchev–Trinajstić information content (AvgIpc) is 3.47. The first-order valence-corrected chi connectivity index (χ1v) is 12.5. The molecule has 0 aliphatic rings. The fraction of sp³-hybridized carbons (Fsp3) is 0.0938. The maximum atomic E-state index is 13.4. The zero-order valence-electron chi connectivity index (χ0n) is 20.9. The van der Waals surface area contributed by atoms with Crippen molar-refractivity contribution in [3.05, 3.63) is 131 Å². The Morgan fingerprint density at radius 2 is 1.50 bits per heavy atom. The summed E-state index contributed by atoms with van der Waals surface area (Å²) >= 11 is 0. The van der Waals surface area contributed by atoms with Gasteiger partial charge < -0.3 is 9.26 Å². The van der Waals surface area contributed by atoms with Crippen molar-refractivity contribution in [1.29, 1.82) is 0 Å². The van der Waals surface area contributed by atoms with E-state index in [1.165, 1.54) is 5.56 Å². The number of fused-ring (bicyclic) bond motifs is 1. The summed E-state index contributed by atoms with van der Waals surface area (Å²) in [7, 11) is 0. The lowest BCUT2D eigenvalue weighted by Crippen LogP contribution is -2.18. The molecule has 186 valence electrons. The van der Waals surface area contributed by atoms with Crippen LogP contribution in [0.25, 0.3) is 39.3 Å². The molecule has 6 heteroatoms. The first-order valence-electron chi connectivity index (χ1n) is 12.5. The average molecular weight is 500 g/mol. The molecule has 0 spiro atoms. The highest BCUT2D eigenvalue weighted by atomic mass is 16.5. The van der Waals surface area contributed by atoms with E-state index in [9.17, 15) is 4.79 Å². The van der Waals surface area contributed by atoms with Crippen molar-refractivity contribution in [2.75, 3.05) is 0 Å². The zero-order valence-corrected chi connectivity index (χ0v) is 20.9. The quantitative estimate of drug-likeness (QED) is 0.240. The fourth-order valence-corrected chi connectivity index (χ4v) is 4.44. The summed E-state index contributed by atoms with van der Waals surface area (Å²) in [5.74, 6) is 1.57. The molecule has 0 N–H and O–H groups in total. The molecule has 6 nitrogen and oxygen atoms in total. The van der Waals surface area contributed by atoms with Crippen LogP contribution in [0, 0.1) is 0 Å². The van der Waals surface area contributed by atoms with Crippen molar-refractivity contribution in [3.8, 4) is 34.3 Å². The summed E-state index contributed by atoms with van der Waals surface area (Å²) in [5, 5.41) is 5.58. The molecule has 0 unspecified atom stereocenters. The van der Waals surface area contributed by atoms with Crippen LogP contribution in [0.15, 0.2) is 119 Å². The first-order chi connectivity index (χ1) is 18.7. The summed E-state index contributed by atoms with van der Waals surface area (Å²) in [6.07, 6.45) is 2.71. The maximum Gasteiger partial charge on any atom is 0.262 e. The Hall–Kier alpha value is -4.97.